The van der Waals surface area contributed by atoms with Gasteiger partial charge in [0.15, 0.2) is 5.60 Å². The Kier molecular flexibility index (Phi) is 4.82. The molecule has 4 unspecified atom stereocenters. The highest BCUT2D eigenvalue weighted by Crippen LogP contribution is 2.42. The van der Waals surface area contributed by atoms with Crippen LogP contribution in [-0.4, -0.2) is 47.2 Å². The number of aliphatic hydroxyl groups excluding tert-OH is 1. The van der Waals surface area contributed by atoms with Crippen molar-refractivity contribution in [1.82, 2.24) is 0 Å². The highest BCUT2D eigenvalue weighted by molar-refractivity contribution is 6.00. The Morgan fingerprint density at radius 3 is 2.81 bits per heavy atom. The van der Waals surface area contributed by atoms with Crippen LogP contribution in [0.15, 0.2) is 47.3 Å². The van der Waals surface area contributed by atoms with E-state index in [9.17, 15) is 19.5 Å². The van der Waals surface area contributed by atoms with Gasteiger partial charge in [-0.3, -0.25) is 4.79 Å². The van der Waals surface area contributed by atoms with E-state index < -0.39 is 42.3 Å². The number of allylic oxidation sites excluding steroid dienone is 1. The topological polar surface area (TPSA) is 99.1 Å². The average Bonchev–Trinajstić information content (AvgIpc) is 3.07. The lowest BCUT2D eigenvalue weighted by atomic mass is 9.83. The average molecular weight is 374 g/mol. The molecule has 27 heavy (non-hydrogen) atoms. The first kappa shape index (κ1) is 19.1. The lowest BCUT2D eigenvalue weighted by molar-refractivity contribution is -0.148. The monoisotopic (exact) mass is 374 g/mol. The minimum atomic E-state index is -1.23. The third-order valence-electron chi connectivity index (χ3n) is 5.24. The first-order valence-corrected chi connectivity index (χ1v) is 8.71. The van der Waals surface area contributed by atoms with E-state index in [4.69, 9.17) is 14.2 Å². The van der Waals surface area contributed by atoms with Crippen LogP contribution in [0.4, 0.5) is 0 Å². The van der Waals surface area contributed by atoms with E-state index in [-0.39, 0.29) is 23.5 Å². The molecule has 0 radical (unpaired) electrons. The van der Waals surface area contributed by atoms with E-state index >= 15 is 0 Å². The summed E-state index contributed by atoms with van der Waals surface area (Å²) in [4.78, 5) is 36.9. The number of fused-ring (bicyclic) bond motifs is 3. The Hall–Kier alpha value is -2.67. The minimum absolute atomic E-state index is 0.0878. The molecule has 0 aromatic rings. The molecular formula is C20H22O7. The van der Waals surface area contributed by atoms with Gasteiger partial charge in [0.25, 0.3) is 0 Å². The molecule has 4 atom stereocenters. The fourth-order valence-corrected chi connectivity index (χ4v) is 3.46. The predicted molar refractivity (Wildman–Crippen MR) is 94.2 cm³/mol. The molecule has 3 aliphatic rings. The molecule has 0 aromatic carbocycles. The molecule has 0 saturated carbocycles. The van der Waals surface area contributed by atoms with E-state index in [1.54, 1.807) is 26.8 Å². The lowest BCUT2D eigenvalue weighted by Gasteiger charge is -2.29. The standard InChI is InChI=1S/C20H22O7/c1-5-10(2)18(23)25-14-6-12(9-21)13-7-16(22)20(4,27-13)8-15-17(14)11(3)19(24)26-15/h5-7,14-15,17,21H,3,8-9H2,1-2,4H3. The van der Waals surface area contributed by atoms with Gasteiger partial charge in [0.1, 0.15) is 18.0 Å². The molecule has 7 nitrogen and oxygen atoms in total. The van der Waals surface area contributed by atoms with Crippen LogP contribution < -0.4 is 0 Å². The van der Waals surface area contributed by atoms with Crippen molar-refractivity contribution in [3.05, 3.63) is 47.3 Å². The van der Waals surface area contributed by atoms with Crippen LogP contribution in [0.5, 0.6) is 0 Å². The van der Waals surface area contributed by atoms with Crippen LogP contribution in [0.2, 0.25) is 0 Å². The summed E-state index contributed by atoms with van der Waals surface area (Å²) in [6.07, 6.45) is 2.87. The van der Waals surface area contributed by atoms with Gasteiger partial charge in [-0.15, -0.1) is 0 Å². The van der Waals surface area contributed by atoms with Crippen molar-refractivity contribution in [2.24, 2.45) is 5.92 Å². The minimum Gasteiger partial charge on any atom is -0.479 e. The molecule has 3 aliphatic heterocycles. The molecule has 1 N–H and O–H groups in total. The molecule has 3 rings (SSSR count). The maximum Gasteiger partial charge on any atom is 0.334 e. The Balaban J connectivity index is 2.09. The third kappa shape index (κ3) is 3.23. The van der Waals surface area contributed by atoms with Gasteiger partial charge < -0.3 is 19.3 Å². The lowest BCUT2D eigenvalue weighted by Crippen LogP contribution is -2.41. The van der Waals surface area contributed by atoms with E-state index in [1.807, 2.05) is 0 Å². The Morgan fingerprint density at radius 1 is 1.48 bits per heavy atom. The van der Waals surface area contributed by atoms with Gasteiger partial charge in [-0.25, -0.2) is 9.59 Å². The van der Waals surface area contributed by atoms with Crippen LogP contribution in [-0.2, 0) is 28.6 Å². The number of hydrogen-bond acceptors (Lipinski definition) is 7. The van der Waals surface area contributed by atoms with E-state index in [0.717, 1.165) is 0 Å². The predicted octanol–water partition coefficient (Wildman–Crippen LogP) is 1.53. The maximum atomic E-state index is 12.4. The number of carbonyl (C=O) groups is 3. The quantitative estimate of drug-likeness (QED) is 0.591. The second-order valence-corrected chi connectivity index (χ2v) is 7.10. The molecule has 2 bridgehead atoms. The zero-order chi connectivity index (χ0) is 19.9. The summed E-state index contributed by atoms with van der Waals surface area (Å²) < 4.78 is 16.8. The highest BCUT2D eigenvalue weighted by Gasteiger charge is 2.52. The smallest absolute Gasteiger partial charge is 0.334 e. The first-order valence-electron chi connectivity index (χ1n) is 8.71. The van der Waals surface area contributed by atoms with E-state index in [0.29, 0.717) is 11.1 Å². The molecule has 1 saturated heterocycles. The summed E-state index contributed by atoms with van der Waals surface area (Å²) in [5, 5.41) is 9.78. The highest BCUT2D eigenvalue weighted by atomic mass is 16.6. The molecular weight excluding hydrogens is 352 g/mol. The number of ketones is 1. The summed E-state index contributed by atoms with van der Waals surface area (Å²) in [6.45, 7) is 8.29. The van der Waals surface area contributed by atoms with Crippen molar-refractivity contribution in [3.8, 4) is 0 Å². The largest absolute Gasteiger partial charge is 0.479 e. The molecule has 1 fully saturated rings. The van der Waals surface area contributed by atoms with Crippen LogP contribution in [0.3, 0.4) is 0 Å². The zero-order valence-electron chi connectivity index (χ0n) is 15.5. The Labute approximate surface area is 157 Å². The molecule has 0 spiro atoms. The zero-order valence-corrected chi connectivity index (χ0v) is 15.5. The van der Waals surface area contributed by atoms with Gasteiger partial charge in [0.05, 0.1) is 12.5 Å². The molecule has 0 amide bonds. The molecule has 7 heteroatoms. The van der Waals surface area contributed by atoms with Crippen LogP contribution in [0.1, 0.15) is 27.2 Å². The van der Waals surface area contributed by atoms with Gasteiger partial charge in [-0.1, -0.05) is 12.7 Å². The van der Waals surface area contributed by atoms with Crippen molar-refractivity contribution >= 4 is 17.7 Å². The number of esters is 2. The number of rotatable bonds is 3. The van der Waals surface area contributed by atoms with Gasteiger partial charge in [0, 0.05) is 29.2 Å². The van der Waals surface area contributed by atoms with Crippen molar-refractivity contribution in [1.29, 1.82) is 0 Å². The SMILES string of the molecule is C=C1C(=O)OC2CC3(C)OC(=CC3=O)C(CO)=CC(OC(=O)C(C)=CC)C12. The Bertz CT molecular complexity index is 816. The van der Waals surface area contributed by atoms with Gasteiger partial charge >= 0.3 is 11.9 Å². The summed E-state index contributed by atoms with van der Waals surface area (Å²) in [7, 11) is 0. The van der Waals surface area contributed by atoms with Crippen LogP contribution in [0, 0.1) is 5.92 Å². The van der Waals surface area contributed by atoms with Gasteiger partial charge in [0.2, 0.25) is 5.78 Å². The fraction of sp³-hybridized carbons (Fsp3) is 0.450. The van der Waals surface area contributed by atoms with E-state index in [2.05, 4.69) is 6.58 Å². The number of carbonyl (C=O) groups excluding carboxylic acids is 3. The summed E-state index contributed by atoms with van der Waals surface area (Å²) in [5.74, 6) is -1.88. The van der Waals surface area contributed by atoms with Gasteiger partial charge in [-0.05, 0) is 26.8 Å². The van der Waals surface area contributed by atoms with Gasteiger partial charge in [-0.2, -0.15) is 0 Å². The fourth-order valence-electron chi connectivity index (χ4n) is 3.46. The molecule has 3 heterocycles. The van der Waals surface area contributed by atoms with Crippen molar-refractivity contribution in [2.75, 3.05) is 6.61 Å². The molecule has 0 aromatic heterocycles. The summed E-state index contributed by atoms with van der Waals surface area (Å²) in [6, 6.07) is 0. The number of hydrogen-bond donors (Lipinski definition) is 1. The third-order valence-corrected chi connectivity index (χ3v) is 5.24. The number of aliphatic hydroxyl groups is 1. The Morgan fingerprint density at radius 2 is 2.19 bits per heavy atom. The second-order valence-electron chi connectivity index (χ2n) is 7.10. The van der Waals surface area contributed by atoms with Crippen LogP contribution >= 0.6 is 0 Å². The van der Waals surface area contributed by atoms with Crippen molar-refractivity contribution in [2.45, 2.75) is 45.0 Å². The number of ether oxygens (including phenoxy) is 3. The normalized spacial score (nSPS) is 33.1. The van der Waals surface area contributed by atoms with Crippen molar-refractivity contribution < 1.29 is 33.7 Å². The summed E-state index contributed by atoms with van der Waals surface area (Å²) >= 11 is 0. The molecule has 144 valence electrons. The maximum absolute atomic E-state index is 12.4. The first-order chi connectivity index (χ1) is 12.7. The second kappa shape index (κ2) is 6.81. The van der Waals surface area contributed by atoms with Crippen molar-refractivity contribution in [3.63, 3.8) is 0 Å². The van der Waals surface area contributed by atoms with Crippen LogP contribution in [0.25, 0.3) is 0 Å². The summed E-state index contributed by atoms with van der Waals surface area (Å²) in [5.41, 5.74) is -0.362. The molecule has 0 aliphatic carbocycles. The van der Waals surface area contributed by atoms with E-state index in [1.165, 1.54) is 12.2 Å².